The Balaban J connectivity index is 1.40. The lowest BCUT2D eigenvalue weighted by Crippen LogP contribution is -2.56. The predicted octanol–water partition coefficient (Wildman–Crippen LogP) is 0.683. The van der Waals surface area contributed by atoms with Crippen LogP contribution in [0.5, 0.6) is 11.5 Å². The Labute approximate surface area is 182 Å². The number of ether oxygens (including phenoxy) is 2. The summed E-state index contributed by atoms with van der Waals surface area (Å²) in [4.78, 5) is 44.3. The van der Waals surface area contributed by atoms with Crippen LogP contribution in [-0.4, -0.2) is 80.1 Å². The number of rotatable bonds is 5. The maximum atomic E-state index is 13.0. The third-order valence-electron chi connectivity index (χ3n) is 6.21. The van der Waals surface area contributed by atoms with Gasteiger partial charge in [0.25, 0.3) is 0 Å². The lowest BCUT2D eigenvalue weighted by molar-refractivity contribution is -0.139. The Morgan fingerprint density at radius 3 is 2.52 bits per heavy atom. The second kappa shape index (κ2) is 8.74. The molecule has 2 saturated heterocycles. The molecule has 0 radical (unpaired) electrons. The summed E-state index contributed by atoms with van der Waals surface area (Å²) in [6.45, 7) is 7.27. The molecule has 3 aliphatic heterocycles. The first-order valence-electron chi connectivity index (χ1n) is 10.8. The number of hydrogen-bond acceptors (Lipinski definition) is 6. The number of nitrogens with zero attached hydrogens (tertiary/aromatic N) is 3. The van der Waals surface area contributed by atoms with E-state index in [-0.39, 0.29) is 43.4 Å². The molecule has 1 N–H and O–H groups in total. The number of benzene rings is 1. The van der Waals surface area contributed by atoms with Crippen molar-refractivity contribution >= 4 is 23.4 Å². The zero-order chi connectivity index (χ0) is 22.1. The van der Waals surface area contributed by atoms with E-state index in [1.807, 2.05) is 25.8 Å². The molecule has 3 amide bonds. The van der Waals surface area contributed by atoms with E-state index in [1.165, 1.54) is 0 Å². The Morgan fingerprint density at radius 1 is 1.10 bits per heavy atom. The van der Waals surface area contributed by atoms with Crippen molar-refractivity contribution in [3.63, 3.8) is 0 Å². The standard InChI is InChI=1S/C22H30N4O5/c1-14(2)20(22(29)25-8-6-24(3)7-9-25)23-21(28)15-10-19(27)26(12-15)16-4-5-17-18(11-16)31-13-30-17/h4-5,11,14-15,20H,6-10,12-13H2,1-3H3,(H,23,28). The van der Waals surface area contributed by atoms with Crippen LogP contribution < -0.4 is 19.7 Å². The summed E-state index contributed by atoms with van der Waals surface area (Å²) in [6, 6.07) is 4.72. The first kappa shape index (κ1) is 21.4. The van der Waals surface area contributed by atoms with Crippen LogP contribution in [0.25, 0.3) is 0 Å². The van der Waals surface area contributed by atoms with Gasteiger partial charge >= 0.3 is 0 Å². The molecule has 4 rings (SSSR count). The number of hydrogen-bond donors (Lipinski definition) is 1. The lowest BCUT2D eigenvalue weighted by atomic mass is 10.00. The molecule has 2 unspecified atom stereocenters. The SMILES string of the molecule is CC(C)C(NC(=O)C1CC(=O)N(c2ccc3c(c2)OCO3)C1)C(=O)N1CCN(C)CC1. The van der Waals surface area contributed by atoms with E-state index >= 15 is 0 Å². The summed E-state index contributed by atoms with van der Waals surface area (Å²) < 4.78 is 10.7. The fraction of sp³-hybridized carbons (Fsp3) is 0.591. The van der Waals surface area contributed by atoms with Gasteiger partial charge in [0.15, 0.2) is 11.5 Å². The van der Waals surface area contributed by atoms with E-state index < -0.39 is 12.0 Å². The maximum absolute atomic E-state index is 13.0. The highest BCUT2D eigenvalue weighted by molar-refractivity contribution is 6.01. The molecule has 0 saturated carbocycles. The molecule has 0 aromatic heterocycles. The van der Waals surface area contributed by atoms with Gasteiger partial charge in [0.05, 0.1) is 5.92 Å². The number of fused-ring (bicyclic) bond motifs is 1. The van der Waals surface area contributed by atoms with Crippen molar-refractivity contribution in [3.05, 3.63) is 18.2 Å². The van der Waals surface area contributed by atoms with Gasteiger partial charge in [-0.05, 0) is 25.1 Å². The average Bonchev–Trinajstić information content (AvgIpc) is 3.37. The molecule has 2 atom stereocenters. The quantitative estimate of drug-likeness (QED) is 0.739. The molecular weight excluding hydrogens is 400 g/mol. The minimum atomic E-state index is -0.592. The van der Waals surface area contributed by atoms with Gasteiger partial charge in [0.1, 0.15) is 6.04 Å². The molecular formula is C22H30N4O5. The van der Waals surface area contributed by atoms with Gasteiger partial charge in [-0.3, -0.25) is 14.4 Å². The normalized spacial score (nSPS) is 22.2. The highest BCUT2D eigenvalue weighted by atomic mass is 16.7. The second-order valence-corrected chi connectivity index (χ2v) is 8.80. The van der Waals surface area contributed by atoms with Crippen LogP contribution >= 0.6 is 0 Å². The highest BCUT2D eigenvalue weighted by Gasteiger charge is 2.38. The smallest absolute Gasteiger partial charge is 0.245 e. The number of carbonyl (C=O) groups is 3. The molecule has 168 valence electrons. The van der Waals surface area contributed by atoms with Crippen LogP contribution in [0.4, 0.5) is 5.69 Å². The number of amides is 3. The van der Waals surface area contributed by atoms with Gasteiger partial charge in [-0.2, -0.15) is 0 Å². The molecule has 31 heavy (non-hydrogen) atoms. The second-order valence-electron chi connectivity index (χ2n) is 8.80. The van der Waals surface area contributed by atoms with Crippen LogP contribution in [0.2, 0.25) is 0 Å². The minimum absolute atomic E-state index is 0.0434. The van der Waals surface area contributed by atoms with Crippen molar-refractivity contribution in [1.82, 2.24) is 15.1 Å². The number of carbonyl (C=O) groups excluding carboxylic acids is 3. The molecule has 1 aromatic carbocycles. The summed E-state index contributed by atoms with van der Waals surface area (Å²) >= 11 is 0. The van der Waals surface area contributed by atoms with Gasteiger partial charge < -0.3 is 29.5 Å². The summed E-state index contributed by atoms with van der Waals surface area (Å²) in [6.07, 6.45) is 0.119. The first-order valence-corrected chi connectivity index (χ1v) is 10.8. The largest absolute Gasteiger partial charge is 0.454 e. The Morgan fingerprint density at radius 2 is 1.81 bits per heavy atom. The molecule has 3 aliphatic rings. The van der Waals surface area contributed by atoms with Gasteiger partial charge in [0.2, 0.25) is 24.5 Å². The molecule has 9 nitrogen and oxygen atoms in total. The molecule has 0 aliphatic carbocycles. The number of piperazine rings is 1. The third-order valence-corrected chi connectivity index (χ3v) is 6.21. The third kappa shape index (κ3) is 4.46. The molecule has 9 heteroatoms. The molecule has 1 aromatic rings. The van der Waals surface area contributed by atoms with Crippen molar-refractivity contribution in [2.24, 2.45) is 11.8 Å². The van der Waals surface area contributed by atoms with E-state index in [0.717, 1.165) is 13.1 Å². The number of nitrogens with one attached hydrogen (secondary N) is 1. The van der Waals surface area contributed by atoms with Crippen LogP contribution in [0.3, 0.4) is 0 Å². The van der Waals surface area contributed by atoms with Crippen LogP contribution in [0.15, 0.2) is 18.2 Å². The predicted molar refractivity (Wildman–Crippen MR) is 114 cm³/mol. The fourth-order valence-electron chi connectivity index (χ4n) is 4.19. The molecule has 0 spiro atoms. The van der Waals surface area contributed by atoms with Gasteiger partial charge in [-0.25, -0.2) is 0 Å². The Hall–Kier alpha value is -2.81. The Kier molecular flexibility index (Phi) is 6.04. The number of anilines is 1. The van der Waals surface area contributed by atoms with E-state index in [1.54, 1.807) is 23.1 Å². The van der Waals surface area contributed by atoms with Crippen molar-refractivity contribution in [2.75, 3.05) is 51.5 Å². The van der Waals surface area contributed by atoms with Crippen molar-refractivity contribution in [1.29, 1.82) is 0 Å². The van der Waals surface area contributed by atoms with E-state index in [9.17, 15) is 14.4 Å². The maximum Gasteiger partial charge on any atom is 0.245 e. The van der Waals surface area contributed by atoms with Crippen LogP contribution in [0, 0.1) is 11.8 Å². The van der Waals surface area contributed by atoms with Crippen molar-refractivity contribution < 1.29 is 23.9 Å². The number of likely N-dealkylation sites (N-methyl/N-ethyl adjacent to an activating group) is 1. The topological polar surface area (TPSA) is 91.4 Å². The van der Waals surface area contributed by atoms with E-state index in [4.69, 9.17) is 9.47 Å². The minimum Gasteiger partial charge on any atom is -0.454 e. The summed E-state index contributed by atoms with van der Waals surface area (Å²) in [5, 5.41) is 2.93. The highest BCUT2D eigenvalue weighted by Crippen LogP contribution is 2.37. The van der Waals surface area contributed by atoms with Gasteiger partial charge in [0, 0.05) is 50.9 Å². The van der Waals surface area contributed by atoms with Crippen molar-refractivity contribution in [3.8, 4) is 11.5 Å². The Bertz CT molecular complexity index is 865. The average molecular weight is 431 g/mol. The van der Waals surface area contributed by atoms with Crippen molar-refractivity contribution in [2.45, 2.75) is 26.3 Å². The summed E-state index contributed by atoms with van der Waals surface area (Å²) in [5.74, 6) is 0.275. The summed E-state index contributed by atoms with van der Waals surface area (Å²) in [7, 11) is 2.03. The summed E-state index contributed by atoms with van der Waals surface area (Å²) in [5.41, 5.74) is 0.679. The van der Waals surface area contributed by atoms with Crippen LogP contribution in [-0.2, 0) is 14.4 Å². The van der Waals surface area contributed by atoms with Gasteiger partial charge in [-0.1, -0.05) is 13.8 Å². The first-order chi connectivity index (χ1) is 14.8. The lowest BCUT2D eigenvalue weighted by Gasteiger charge is -2.36. The van der Waals surface area contributed by atoms with Crippen LogP contribution in [0.1, 0.15) is 20.3 Å². The zero-order valence-corrected chi connectivity index (χ0v) is 18.3. The molecule has 2 fully saturated rings. The van der Waals surface area contributed by atoms with E-state index in [2.05, 4.69) is 10.2 Å². The molecule has 3 heterocycles. The van der Waals surface area contributed by atoms with E-state index in [0.29, 0.717) is 30.3 Å². The van der Waals surface area contributed by atoms with Gasteiger partial charge in [-0.15, -0.1) is 0 Å². The molecule has 0 bridgehead atoms. The monoisotopic (exact) mass is 430 g/mol. The zero-order valence-electron chi connectivity index (χ0n) is 18.3. The fourth-order valence-corrected chi connectivity index (χ4v) is 4.19.